The van der Waals surface area contributed by atoms with Crippen LogP contribution in [-0.4, -0.2) is 31.3 Å². The molecule has 1 N–H and O–H groups in total. The van der Waals surface area contributed by atoms with Crippen LogP contribution in [0.1, 0.15) is 35.7 Å². The van der Waals surface area contributed by atoms with E-state index in [0.29, 0.717) is 34.9 Å². The molecule has 0 saturated carbocycles. The molecule has 1 aliphatic heterocycles. The molecule has 0 aromatic heterocycles. The summed E-state index contributed by atoms with van der Waals surface area (Å²) in [6.07, 6.45) is 0.688. The third-order valence-corrected chi connectivity index (χ3v) is 4.22. The number of benzene rings is 2. The highest BCUT2D eigenvalue weighted by Crippen LogP contribution is 2.32. The molecule has 0 spiro atoms. The zero-order valence-electron chi connectivity index (χ0n) is 14.7. The van der Waals surface area contributed by atoms with Gasteiger partial charge < -0.3 is 10.1 Å². The van der Waals surface area contributed by atoms with Crippen LogP contribution in [0.5, 0.6) is 5.75 Å². The molecule has 2 aromatic carbocycles. The summed E-state index contributed by atoms with van der Waals surface area (Å²) in [5.41, 5.74) is 2.69. The molecule has 0 bridgehead atoms. The van der Waals surface area contributed by atoms with E-state index in [0.717, 1.165) is 0 Å². The van der Waals surface area contributed by atoms with Crippen LogP contribution in [-0.2, 0) is 9.59 Å². The smallest absolute Gasteiger partial charge is 0.265 e. The molecule has 2 amide bonds. The van der Waals surface area contributed by atoms with E-state index in [1.165, 1.54) is 10.5 Å². The number of nitrogens with one attached hydrogen (secondary N) is 1. The lowest BCUT2D eigenvalue weighted by Gasteiger charge is -2.29. The van der Waals surface area contributed by atoms with Crippen molar-refractivity contribution in [3.63, 3.8) is 0 Å². The minimum Gasteiger partial charge on any atom is -0.482 e. The van der Waals surface area contributed by atoms with E-state index < -0.39 is 0 Å². The zero-order chi connectivity index (χ0) is 18.7. The number of hydrogen-bond acceptors (Lipinski definition) is 4. The summed E-state index contributed by atoms with van der Waals surface area (Å²) >= 11 is 0. The molecule has 6 nitrogen and oxygen atoms in total. The number of aldehydes is 1. The van der Waals surface area contributed by atoms with Gasteiger partial charge in [-0.3, -0.25) is 19.3 Å². The van der Waals surface area contributed by atoms with E-state index in [2.05, 4.69) is 19.2 Å². The second kappa shape index (κ2) is 7.39. The Morgan fingerprint density at radius 1 is 1.23 bits per heavy atom. The summed E-state index contributed by atoms with van der Waals surface area (Å²) in [6.45, 7) is 3.92. The predicted molar refractivity (Wildman–Crippen MR) is 98.8 cm³/mol. The third-order valence-electron chi connectivity index (χ3n) is 4.22. The Labute approximate surface area is 151 Å². The van der Waals surface area contributed by atoms with Crippen molar-refractivity contribution < 1.29 is 19.1 Å². The molecule has 0 radical (unpaired) electrons. The average molecular weight is 352 g/mol. The fourth-order valence-electron chi connectivity index (χ4n) is 2.76. The van der Waals surface area contributed by atoms with Crippen LogP contribution >= 0.6 is 0 Å². The van der Waals surface area contributed by atoms with Gasteiger partial charge >= 0.3 is 0 Å². The lowest BCUT2D eigenvalue weighted by Crippen LogP contribution is -2.43. The molecule has 0 aliphatic carbocycles. The van der Waals surface area contributed by atoms with Gasteiger partial charge in [0.1, 0.15) is 18.6 Å². The second-order valence-corrected chi connectivity index (χ2v) is 6.44. The maximum atomic E-state index is 12.4. The van der Waals surface area contributed by atoms with Gasteiger partial charge in [-0.05, 0) is 41.8 Å². The second-order valence-electron chi connectivity index (χ2n) is 6.44. The van der Waals surface area contributed by atoms with E-state index in [1.54, 1.807) is 18.2 Å². The first-order valence-corrected chi connectivity index (χ1v) is 8.40. The number of hydrogen-bond donors (Lipinski definition) is 1. The van der Waals surface area contributed by atoms with Gasteiger partial charge in [0.2, 0.25) is 5.91 Å². The highest BCUT2D eigenvalue weighted by Gasteiger charge is 2.27. The van der Waals surface area contributed by atoms with Crippen LogP contribution in [0.25, 0.3) is 0 Å². The number of amides is 2. The van der Waals surface area contributed by atoms with E-state index in [9.17, 15) is 14.4 Å². The lowest BCUT2D eigenvalue weighted by molar-refractivity contribution is -0.123. The molecule has 0 fully saturated rings. The topological polar surface area (TPSA) is 75.7 Å². The fraction of sp³-hybridized carbons (Fsp3) is 0.250. The Morgan fingerprint density at radius 2 is 1.96 bits per heavy atom. The summed E-state index contributed by atoms with van der Waals surface area (Å²) in [5.74, 6) is 0.240. The molecule has 6 heteroatoms. The quantitative estimate of drug-likeness (QED) is 0.840. The summed E-state index contributed by atoms with van der Waals surface area (Å²) in [7, 11) is 0. The number of carbonyl (C=O) groups is 3. The van der Waals surface area contributed by atoms with E-state index in [1.807, 2.05) is 24.3 Å². The van der Waals surface area contributed by atoms with Crippen molar-refractivity contribution in [1.82, 2.24) is 0 Å². The van der Waals surface area contributed by atoms with Gasteiger partial charge in [-0.2, -0.15) is 0 Å². The Bertz CT molecular complexity index is 843. The van der Waals surface area contributed by atoms with E-state index >= 15 is 0 Å². The van der Waals surface area contributed by atoms with Gasteiger partial charge in [-0.15, -0.1) is 0 Å². The summed E-state index contributed by atoms with van der Waals surface area (Å²) < 4.78 is 5.36. The van der Waals surface area contributed by atoms with E-state index in [4.69, 9.17) is 4.74 Å². The number of fused-ring (bicyclic) bond motifs is 1. The Balaban J connectivity index is 1.74. The van der Waals surface area contributed by atoms with Crippen molar-refractivity contribution in [2.24, 2.45) is 0 Å². The van der Waals surface area contributed by atoms with Gasteiger partial charge in [0.05, 0.1) is 5.69 Å². The van der Waals surface area contributed by atoms with Crippen molar-refractivity contribution in [3.8, 4) is 5.75 Å². The molecule has 3 rings (SSSR count). The van der Waals surface area contributed by atoms with Crippen molar-refractivity contribution in [2.45, 2.75) is 19.8 Å². The van der Waals surface area contributed by atoms with Crippen molar-refractivity contribution >= 4 is 29.5 Å². The largest absolute Gasteiger partial charge is 0.482 e. The normalized spacial score (nSPS) is 13.2. The number of rotatable bonds is 5. The monoisotopic (exact) mass is 352 g/mol. The molecule has 2 aromatic rings. The lowest BCUT2D eigenvalue weighted by atomic mass is 10.0. The van der Waals surface area contributed by atoms with Crippen LogP contribution in [0.15, 0.2) is 42.5 Å². The van der Waals surface area contributed by atoms with Gasteiger partial charge in [-0.25, -0.2) is 0 Å². The first-order valence-electron chi connectivity index (χ1n) is 8.40. The fourth-order valence-corrected chi connectivity index (χ4v) is 2.76. The number of nitrogens with zero attached hydrogens (tertiary/aromatic N) is 1. The van der Waals surface area contributed by atoms with E-state index in [-0.39, 0.29) is 25.0 Å². The van der Waals surface area contributed by atoms with Gasteiger partial charge in [0.25, 0.3) is 5.91 Å². The predicted octanol–water partition coefficient (Wildman–Crippen LogP) is 2.99. The number of anilines is 2. The molecular formula is C20H20N2O4. The number of carbonyl (C=O) groups excluding carboxylic acids is 3. The van der Waals surface area contributed by atoms with Gasteiger partial charge in [0, 0.05) is 11.3 Å². The molecule has 1 aliphatic rings. The molecule has 26 heavy (non-hydrogen) atoms. The maximum Gasteiger partial charge on any atom is 0.265 e. The van der Waals surface area contributed by atoms with Gasteiger partial charge in [0.15, 0.2) is 6.61 Å². The molecule has 0 saturated heterocycles. The van der Waals surface area contributed by atoms with Gasteiger partial charge in [-0.1, -0.05) is 26.0 Å². The highest BCUT2D eigenvalue weighted by atomic mass is 16.5. The average Bonchev–Trinajstić information content (AvgIpc) is 2.64. The molecule has 134 valence electrons. The van der Waals surface area contributed by atoms with Crippen molar-refractivity contribution in [2.75, 3.05) is 23.4 Å². The Kier molecular flexibility index (Phi) is 5.02. The van der Waals surface area contributed by atoms with Crippen molar-refractivity contribution in [3.05, 3.63) is 53.6 Å². The Morgan fingerprint density at radius 3 is 2.62 bits per heavy atom. The summed E-state index contributed by atoms with van der Waals surface area (Å²) in [5, 5.41) is 2.79. The summed E-state index contributed by atoms with van der Waals surface area (Å²) in [6, 6.07) is 12.4. The van der Waals surface area contributed by atoms with Crippen LogP contribution in [0.4, 0.5) is 11.4 Å². The zero-order valence-corrected chi connectivity index (χ0v) is 14.7. The minimum atomic E-state index is -0.328. The maximum absolute atomic E-state index is 12.4. The summed E-state index contributed by atoms with van der Waals surface area (Å²) in [4.78, 5) is 36.9. The third kappa shape index (κ3) is 3.74. The minimum absolute atomic E-state index is 0.135. The Hall–Kier alpha value is -3.15. The number of ether oxygens (including phenoxy) is 1. The SMILES string of the molecule is CC(C)c1ccc(NC(=O)CN2C(=O)COc3ccc(C=O)cc32)cc1. The first-order chi connectivity index (χ1) is 12.5. The first kappa shape index (κ1) is 17.7. The van der Waals surface area contributed by atoms with Crippen LogP contribution in [0, 0.1) is 0 Å². The van der Waals surface area contributed by atoms with Crippen molar-refractivity contribution in [1.29, 1.82) is 0 Å². The molecule has 0 unspecified atom stereocenters. The highest BCUT2D eigenvalue weighted by molar-refractivity contribution is 6.05. The molecule has 0 atom stereocenters. The van der Waals surface area contributed by atoms with Crippen LogP contribution in [0.2, 0.25) is 0 Å². The molecule has 1 heterocycles. The standard InChI is InChI=1S/C20H20N2O4/c1-13(2)15-4-6-16(7-5-15)21-19(24)10-22-17-9-14(11-23)3-8-18(17)26-12-20(22)25/h3-9,11,13H,10,12H2,1-2H3,(H,21,24). The molecular weight excluding hydrogens is 332 g/mol. The van der Waals surface area contributed by atoms with Crippen LogP contribution in [0.3, 0.4) is 0 Å². The van der Waals surface area contributed by atoms with Crippen LogP contribution < -0.4 is 15.0 Å².